The first-order chi connectivity index (χ1) is 9.63. The summed E-state index contributed by atoms with van der Waals surface area (Å²) in [5, 5.41) is 1.07. The zero-order valence-electron chi connectivity index (χ0n) is 10.3. The van der Waals surface area contributed by atoms with Crippen LogP contribution in [0.1, 0.15) is 16.6 Å². The summed E-state index contributed by atoms with van der Waals surface area (Å²) in [7, 11) is 0. The van der Waals surface area contributed by atoms with Crippen LogP contribution in [0.5, 0.6) is 0 Å². The van der Waals surface area contributed by atoms with Crippen molar-refractivity contribution in [3.8, 4) is 0 Å². The van der Waals surface area contributed by atoms with Crippen molar-refractivity contribution in [2.45, 2.75) is 11.8 Å². The standard InChI is InChI=1S/C15H10Br2ClNS/c16-14-8-11(15(17)20-14)12(18)7-10-6-5-9-3-1-2-4-13(9)19-10/h1-6,8,12H,7H2. The summed E-state index contributed by atoms with van der Waals surface area (Å²) in [6.07, 6.45) is 0.716. The lowest BCUT2D eigenvalue weighted by molar-refractivity contribution is 0.889. The normalized spacial score (nSPS) is 12.8. The number of hydrogen-bond donors (Lipinski definition) is 0. The van der Waals surface area contributed by atoms with E-state index in [0.29, 0.717) is 6.42 Å². The molecule has 1 aromatic carbocycles. The Bertz CT molecular complexity index is 756. The highest BCUT2D eigenvalue weighted by molar-refractivity contribution is 9.12. The minimum atomic E-state index is -0.0828. The predicted molar refractivity (Wildman–Crippen MR) is 93.8 cm³/mol. The number of para-hydroxylation sites is 1. The third kappa shape index (κ3) is 3.08. The maximum atomic E-state index is 6.53. The van der Waals surface area contributed by atoms with E-state index in [9.17, 15) is 0 Å². The monoisotopic (exact) mass is 429 g/mol. The Balaban J connectivity index is 1.87. The third-order valence-corrected chi connectivity index (χ3v) is 5.84. The summed E-state index contributed by atoms with van der Waals surface area (Å²) in [6, 6.07) is 14.3. The molecule has 0 aliphatic rings. The maximum Gasteiger partial charge on any atom is 0.0757 e. The van der Waals surface area contributed by atoms with Gasteiger partial charge in [0.15, 0.2) is 0 Å². The second-order valence-corrected chi connectivity index (χ2v) is 8.72. The van der Waals surface area contributed by atoms with Crippen LogP contribution in [0.15, 0.2) is 50.0 Å². The summed E-state index contributed by atoms with van der Waals surface area (Å²) in [5.74, 6) is 0. The van der Waals surface area contributed by atoms with Crippen molar-refractivity contribution in [2.24, 2.45) is 0 Å². The topological polar surface area (TPSA) is 12.9 Å². The molecule has 1 unspecified atom stereocenters. The molecule has 0 bridgehead atoms. The number of fused-ring (bicyclic) bond motifs is 1. The molecule has 0 fully saturated rings. The fraction of sp³-hybridized carbons (Fsp3) is 0.133. The molecule has 2 heterocycles. The Morgan fingerprint density at radius 2 is 1.95 bits per heavy atom. The molecule has 5 heteroatoms. The van der Waals surface area contributed by atoms with Crippen LogP contribution >= 0.6 is 54.8 Å². The lowest BCUT2D eigenvalue weighted by Gasteiger charge is -2.09. The number of rotatable bonds is 3. The number of nitrogens with zero attached hydrogens (tertiary/aromatic N) is 1. The number of pyridine rings is 1. The van der Waals surface area contributed by atoms with Crippen molar-refractivity contribution in [3.63, 3.8) is 0 Å². The van der Waals surface area contributed by atoms with Crippen LogP contribution in [0.3, 0.4) is 0 Å². The van der Waals surface area contributed by atoms with Gasteiger partial charge in [-0.1, -0.05) is 24.3 Å². The molecule has 3 rings (SSSR count). The Hall–Kier alpha value is -0.420. The maximum absolute atomic E-state index is 6.53. The molecule has 20 heavy (non-hydrogen) atoms. The molecule has 0 amide bonds. The third-order valence-electron chi connectivity index (χ3n) is 3.06. The van der Waals surface area contributed by atoms with Crippen molar-refractivity contribution in [1.29, 1.82) is 0 Å². The Morgan fingerprint density at radius 1 is 1.15 bits per heavy atom. The lowest BCUT2D eigenvalue weighted by atomic mass is 10.1. The molecule has 0 N–H and O–H groups in total. The Morgan fingerprint density at radius 3 is 2.70 bits per heavy atom. The molecule has 0 radical (unpaired) electrons. The molecule has 3 aromatic rings. The van der Waals surface area contributed by atoms with Crippen LogP contribution in [0.25, 0.3) is 10.9 Å². The zero-order valence-corrected chi connectivity index (χ0v) is 15.1. The number of hydrogen-bond acceptors (Lipinski definition) is 2. The number of benzene rings is 1. The highest BCUT2D eigenvalue weighted by Crippen LogP contribution is 2.39. The number of thiophene rings is 1. The summed E-state index contributed by atoms with van der Waals surface area (Å²) in [6.45, 7) is 0. The number of halogens is 3. The van der Waals surface area contributed by atoms with Crippen LogP contribution in [0.2, 0.25) is 0 Å². The molecule has 1 nitrogen and oxygen atoms in total. The van der Waals surface area contributed by atoms with Crippen molar-refractivity contribution in [1.82, 2.24) is 4.98 Å². The van der Waals surface area contributed by atoms with Crippen LogP contribution in [-0.4, -0.2) is 4.98 Å². The molecule has 0 saturated heterocycles. The molecular weight excluding hydrogens is 421 g/mol. The Kier molecular flexibility index (Phi) is 4.46. The number of alkyl halides is 1. The van der Waals surface area contributed by atoms with Gasteiger partial charge in [-0.3, -0.25) is 4.98 Å². The smallest absolute Gasteiger partial charge is 0.0757 e. The molecule has 0 saturated carbocycles. The second kappa shape index (κ2) is 6.14. The summed E-state index contributed by atoms with van der Waals surface area (Å²) in [4.78, 5) is 4.67. The van der Waals surface area contributed by atoms with Gasteiger partial charge in [-0.25, -0.2) is 0 Å². The minimum Gasteiger partial charge on any atom is -0.253 e. The van der Waals surface area contributed by atoms with E-state index in [4.69, 9.17) is 11.6 Å². The van der Waals surface area contributed by atoms with Crippen molar-refractivity contribution < 1.29 is 0 Å². The second-order valence-electron chi connectivity index (χ2n) is 4.45. The summed E-state index contributed by atoms with van der Waals surface area (Å²) < 4.78 is 2.15. The van der Waals surface area contributed by atoms with Gasteiger partial charge in [0.1, 0.15) is 0 Å². The van der Waals surface area contributed by atoms with Gasteiger partial charge >= 0.3 is 0 Å². The van der Waals surface area contributed by atoms with Crippen molar-refractivity contribution in [3.05, 3.63) is 61.3 Å². The predicted octanol–water partition coefficient (Wildman–Crippen LogP) is 6.34. The van der Waals surface area contributed by atoms with Gasteiger partial charge in [-0.05, 0) is 55.6 Å². The van der Waals surface area contributed by atoms with Crippen LogP contribution in [0, 0.1) is 0 Å². The number of aromatic nitrogens is 1. The van der Waals surface area contributed by atoms with Crippen LogP contribution in [-0.2, 0) is 6.42 Å². The lowest BCUT2D eigenvalue weighted by Crippen LogP contribution is -1.98. The SMILES string of the molecule is ClC(Cc1ccc2ccccc2n1)c1cc(Br)sc1Br. The molecule has 102 valence electrons. The van der Waals surface area contributed by atoms with Crippen LogP contribution in [0.4, 0.5) is 0 Å². The quantitative estimate of drug-likeness (QED) is 0.441. The van der Waals surface area contributed by atoms with E-state index < -0.39 is 0 Å². The first-order valence-corrected chi connectivity index (χ1v) is 8.91. The van der Waals surface area contributed by atoms with E-state index in [1.54, 1.807) is 11.3 Å². The van der Waals surface area contributed by atoms with Crippen LogP contribution < -0.4 is 0 Å². The van der Waals surface area contributed by atoms with E-state index in [1.165, 1.54) is 0 Å². The van der Waals surface area contributed by atoms with Gasteiger partial charge in [0.05, 0.1) is 18.5 Å². The van der Waals surface area contributed by atoms with E-state index in [-0.39, 0.29) is 5.38 Å². The summed E-state index contributed by atoms with van der Waals surface area (Å²) in [5.41, 5.74) is 3.14. The summed E-state index contributed by atoms with van der Waals surface area (Å²) >= 11 is 15.2. The molecule has 0 aliphatic carbocycles. The zero-order chi connectivity index (χ0) is 14.1. The first kappa shape index (κ1) is 14.5. The Labute approximate surface area is 143 Å². The average Bonchev–Trinajstić information content (AvgIpc) is 2.78. The van der Waals surface area contributed by atoms with Gasteiger partial charge < -0.3 is 0 Å². The van der Waals surface area contributed by atoms with Crippen molar-refractivity contribution >= 4 is 65.7 Å². The van der Waals surface area contributed by atoms with Gasteiger partial charge in [-0.2, -0.15) is 0 Å². The minimum absolute atomic E-state index is 0.0828. The van der Waals surface area contributed by atoms with E-state index in [0.717, 1.165) is 29.7 Å². The van der Waals surface area contributed by atoms with E-state index in [1.807, 2.05) is 24.3 Å². The highest BCUT2D eigenvalue weighted by Gasteiger charge is 2.16. The van der Waals surface area contributed by atoms with Gasteiger partial charge in [-0.15, -0.1) is 22.9 Å². The fourth-order valence-corrected chi connectivity index (χ4v) is 5.58. The van der Waals surface area contributed by atoms with E-state index >= 15 is 0 Å². The molecular formula is C15H10Br2ClNS. The van der Waals surface area contributed by atoms with Crippen molar-refractivity contribution in [2.75, 3.05) is 0 Å². The first-order valence-electron chi connectivity index (χ1n) is 6.07. The fourth-order valence-electron chi connectivity index (χ4n) is 2.08. The molecule has 0 spiro atoms. The molecule has 0 aliphatic heterocycles. The van der Waals surface area contributed by atoms with Gasteiger partial charge in [0, 0.05) is 17.5 Å². The average molecular weight is 432 g/mol. The van der Waals surface area contributed by atoms with E-state index in [2.05, 4.69) is 55.0 Å². The highest BCUT2D eigenvalue weighted by atomic mass is 79.9. The molecule has 2 aromatic heterocycles. The van der Waals surface area contributed by atoms with Gasteiger partial charge in [0.25, 0.3) is 0 Å². The van der Waals surface area contributed by atoms with Gasteiger partial charge in [0.2, 0.25) is 0 Å². The molecule has 1 atom stereocenters. The largest absolute Gasteiger partial charge is 0.253 e.